The lowest BCUT2D eigenvalue weighted by Gasteiger charge is -2.56. The second-order valence-electron chi connectivity index (χ2n) is 10.3. The lowest BCUT2D eigenvalue weighted by molar-refractivity contribution is -0.151. The third kappa shape index (κ3) is 4.30. The molecule has 0 aliphatic carbocycles. The second-order valence-corrected chi connectivity index (χ2v) is 10.6. The van der Waals surface area contributed by atoms with E-state index in [1.54, 1.807) is 0 Å². The van der Waals surface area contributed by atoms with Gasteiger partial charge in [0.15, 0.2) is 33.8 Å². The molecule has 0 spiro atoms. The molecule has 0 aromatic heterocycles. The minimum atomic E-state index is -1.12. The molecule has 9 heteroatoms. The van der Waals surface area contributed by atoms with Crippen LogP contribution in [-0.4, -0.2) is 35.0 Å². The average molecular weight is 546 g/mol. The lowest BCUT2D eigenvalue weighted by Crippen LogP contribution is -2.71. The Hall–Kier alpha value is -3.98. The highest BCUT2D eigenvalue weighted by Crippen LogP contribution is 2.52. The molecule has 3 atom stereocenters. The topological polar surface area (TPSA) is 81.3 Å². The van der Waals surface area contributed by atoms with Crippen molar-refractivity contribution in [3.8, 4) is 23.0 Å². The van der Waals surface area contributed by atoms with Gasteiger partial charge in [0.05, 0.1) is 12.6 Å². The number of rotatable bonds is 6. The van der Waals surface area contributed by atoms with Crippen LogP contribution in [0.15, 0.2) is 54.6 Å². The fourth-order valence-corrected chi connectivity index (χ4v) is 6.09. The summed E-state index contributed by atoms with van der Waals surface area (Å²) in [7, 11) is 0. The highest BCUT2D eigenvalue weighted by molar-refractivity contribution is 7.80. The number of thiocarbonyl (C=S) groups is 1. The van der Waals surface area contributed by atoms with Crippen LogP contribution in [0, 0.1) is 19.8 Å². The van der Waals surface area contributed by atoms with Gasteiger partial charge in [-0.25, -0.2) is 0 Å². The van der Waals surface area contributed by atoms with Crippen LogP contribution >= 0.6 is 12.2 Å². The van der Waals surface area contributed by atoms with E-state index in [1.807, 2.05) is 81.1 Å². The summed E-state index contributed by atoms with van der Waals surface area (Å²) >= 11 is 5.89. The van der Waals surface area contributed by atoms with Crippen molar-refractivity contribution in [2.45, 2.75) is 46.0 Å². The van der Waals surface area contributed by atoms with Crippen LogP contribution in [0.1, 0.15) is 42.1 Å². The molecule has 2 bridgehead atoms. The molecular weight excluding hydrogens is 514 g/mol. The summed E-state index contributed by atoms with van der Waals surface area (Å²) in [5, 5.41) is 7.14. The van der Waals surface area contributed by atoms with E-state index in [0.29, 0.717) is 41.3 Å². The largest absolute Gasteiger partial charge is 0.490 e. The summed E-state index contributed by atoms with van der Waals surface area (Å²) in [6.07, 6.45) is 0. The third-order valence-corrected chi connectivity index (χ3v) is 7.96. The Morgan fingerprint density at radius 1 is 1.15 bits per heavy atom. The predicted octanol–water partition coefficient (Wildman–Crippen LogP) is 5.23. The lowest BCUT2D eigenvalue weighted by atomic mass is 9.78. The number of nitrogens with zero attached hydrogens (tertiary/aromatic N) is 1. The maximum absolute atomic E-state index is 14.1. The molecule has 3 heterocycles. The van der Waals surface area contributed by atoms with Gasteiger partial charge < -0.3 is 34.5 Å². The molecule has 0 radical (unpaired) electrons. The predicted molar refractivity (Wildman–Crippen MR) is 151 cm³/mol. The van der Waals surface area contributed by atoms with E-state index in [4.69, 9.17) is 31.2 Å². The summed E-state index contributed by atoms with van der Waals surface area (Å²) in [6, 6.07) is 17.1. The number of aryl methyl sites for hydroxylation is 2. The molecule has 0 unspecified atom stereocenters. The Bertz CT molecular complexity index is 1480. The molecule has 1 amide bonds. The summed E-state index contributed by atoms with van der Waals surface area (Å²) in [4.78, 5) is 16.1. The number of ether oxygens (including phenoxy) is 4. The summed E-state index contributed by atoms with van der Waals surface area (Å²) in [5.41, 5.74) is 3.57. The highest BCUT2D eigenvalue weighted by Gasteiger charge is 2.59. The summed E-state index contributed by atoms with van der Waals surface area (Å²) in [6.45, 7) is 8.97. The van der Waals surface area contributed by atoms with E-state index < -0.39 is 17.7 Å². The zero-order valence-corrected chi connectivity index (χ0v) is 23.2. The van der Waals surface area contributed by atoms with Gasteiger partial charge >= 0.3 is 0 Å². The van der Waals surface area contributed by atoms with Crippen LogP contribution in [0.3, 0.4) is 0 Å². The van der Waals surface area contributed by atoms with Crippen molar-refractivity contribution >= 4 is 28.9 Å². The number of carbonyl (C=O) groups is 1. The quantitative estimate of drug-likeness (QED) is 0.408. The molecule has 202 valence electrons. The monoisotopic (exact) mass is 545 g/mol. The van der Waals surface area contributed by atoms with Gasteiger partial charge in [-0.15, -0.1) is 0 Å². The molecule has 1 saturated heterocycles. The molecule has 39 heavy (non-hydrogen) atoms. The average Bonchev–Trinajstić information content (AvgIpc) is 3.37. The first-order valence-corrected chi connectivity index (χ1v) is 13.5. The smallest absolute Gasteiger partial charge is 0.236 e. The van der Waals surface area contributed by atoms with E-state index in [0.717, 1.165) is 27.9 Å². The van der Waals surface area contributed by atoms with Crippen LogP contribution in [0.25, 0.3) is 0 Å². The number of carbonyl (C=O) groups excluding carboxylic acids is 1. The second kappa shape index (κ2) is 9.64. The SMILES string of the molecule is CCOc1cccc2c1O[C@@]1(C)[C@@H](C(=O)Nc3ccc(C)cc3C)[C@H]2NC(=S)N1Cc1ccc2c(c1)OCO2. The Kier molecular flexibility index (Phi) is 6.26. The molecule has 1 fully saturated rings. The first-order chi connectivity index (χ1) is 18.8. The van der Waals surface area contributed by atoms with Gasteiger partial charge in [0.25, 0.3) is 0 Å². The van der Waals surface area contributed by atoms with Crippen molar-refractivity contribution in [1.29, 1.82) is 0 Å². The van der Waals surface area contributed by atoms with Gasteiger partial charge in [0, 0.05) is 17.8 Å². The number of para-hydroxylation sites is 1. The number of hydrogen-bond donors (Lipinski definition) is 2. The molecule has 3 aromatic carbocycles. The summed E-state index contributed by atoms with van der Waals surface area (Å²) in [5.74, 6) is 1.85. The Morgan fingerprint density at radius 2 is 1.97 bits per heavy atom. The van der Waals surface area contributed by atoms with Gasteiger partial charge in [-0.05, 0) is 75.3 Å². The number of fused-ring (bicyclic) bond motifs is 5. The molecule has 2 N–H and O–H groups in total. The van der Waals surface area contributed by atoms with Crippen molar-refractivity contribution in [1.82, 2.24) is 10.2 Å². The molecule has 3 aromatic rings. The zero-order valence-electron chi connectivity index (χ0n) is 22.4. The van der Waals surface area contributed by atoms with Crippen LogP contribution in [-0.2, 0) is 11.3 Å². The summed E-state index contributed by atoms with van der Waals surface area (Å²) < 4.78 is 23.8. The van der Waals surface area contributed by atoms with Gasteiger partial charge in [-0.1, -0.05) is 35.9 Å². The van der Waals surface area contributed by atoms with Crippen LogP contribution in [0.4, 0.5) is 5.69 Å². The molecular formula is C30H31N3O5S. The van der Waals surface area contributed by atoms with Crippen LogP contribution in [0.2, 0.25) is 0 Å². The number of hydrogen-bond acceptors (Lipinski definition) is 6. The number of nitrogens with one attached hydrogen (secondary N) is 2. The molecule has 0 saturated carbocycles. The Labute approximate surface area is 233 Å². The van der Waals surface area contributed by atoms with Gasteiger partial charge in [0.2, 0.25) is 12.7 Å². The van der Waals surface area contributed by atoms with Gasteiger partial charge in [-0.3, -0.25) is 4.79 Å². The van der Waals surface area contributed by atoms with E-state index in [9.17, 15) is 4.79 Å². The minimum Gasteiger partial charge on any atom is -0.490 e. The Balaban J connectivity index is 1.42. The molecule has 3 aliphatic heterocycles. The molecule has 3 aliphatic rings. The van der Waals surface area contributed by atoms with E-state index in [2.05, 4.69) is 16.7 Å². The maximum Gasteiger partial charge on any atom is 0.236 e. The normalized spacial score (nSPS) is 22.5. The number of benzene rings is 3. The standard InChI is InChI=1S/C30H31N3O5S/c1-5-35-23-8-6-7-20-26-25(28(34)31-21-11-9-17(2)13-18(21)3)30(4,38-27(20)23)33(29(39)32-26)15-19-10-12-22-24(14-19)37-16-36-22/h6-14,25-26H,5,15-16H2,1-4H3,(H,31,34)(H,32,39)/t25-,26+,30+/m1/s1. The van der Waals surface area contributed by atoms with E-state index in [1.165, 1.54) is 0 Å². The fourth-order valence-electron chi connectivity index (χ4n) is 5.72. The Morgan fingerprint density at radius 3 is 2.77 bits per heavy atom. The zero-order chi connectivity index (χ0) is 27.3. The minimum absolute atomic E-state index is 0.160. The van der Waals surface area contributed by atoms with Crippen molar-refractivity contribution in [2.24, 2.45) is 5.92 Å². The van der Waals surface area contributed by atoms with Gasteiger partial charge in [0.1, 0.15) is 5.92 Å². The first-order valence-electron chi connectivity index (χ1n) is 13.1. The fraction of sp³-hybridized carbons (Fsp3) is 0.333. The molecule has 8 nitrogen and oxygen atoms in total. The molecule has 6 rings (SSSR count). The maximum atomic E-state index is 14.1. The van der Waals surface area contributed by atoms with Crippen molar-refractivity contribution in [2.75, 3.05) is 18.7 Å². The van der Waals surface area contributed by atoms with Crippen molar-refractivity contribution < 1.29 is 23.7 Å². The van der Waals surface area contributed by atoms with Gasteiger partial charge in [-0.2, -0.15) is 0 Å². The van der Waals surface area contributed by atoms with E-state index >= 15 is 0 Å². The third-order valence-electron chi connectivity index (χ3n) is 7.62. The first kappa shape index (κ1) is 25.3. The van der Waals surface area contributed by atoms with E-state index in [-0.39, 0.29) is 12.7 Å². The van der Waals surface area contributed by atoms with Crippen LogP contribution in [0.5, 0.6) is 23.0 Å². The highest BCUT2D eigenvalue weighted by atomic mass is 32.1. The number of anilines is 1. The van der Waals surface area contributed by atoms with Crippen molar-refractivity contribution in [3.63, 3.8) is 0 Å². The number of amides is 1. The van der Waals surface area contributed by atoms with Crippen molar-refractivity contribution in [3.05, 3.63) is 76.9 Å². The van der Waals surface area contributed by atoms with Crippen LogP contribution < -0.4 is 29.6 Å².